The number of carbonyl (C=O) groups excluding carboxylic acids is 8. The van der Waals surface area contributed by atoms with Crippen LogP contribution in [0.15, 0.2) is 24.3 Å². The van der Waals surface area contributed by atoms with Crippen molar-refractivity contribution in [1.29, 1.82) is 0 Å². The number of rotatable bonds is 18. The molecule has 0 aliphatic carbocycles. The molecule has 10 N–H and O–H groups in total. The number of carboxylic acids is 1. The summed E-state index contributed by atoms with van der Waals surface area (Å²) in [4.78, 5) is 127. The summed E-state index contributed by atoms with van der Waals surface area (Å²) >= 11 is 0. The molecule has 1 unspecified atom stereocenters. The minimum atomic E-state index is -1.83. The molecule has 0 radical (unpaired) electrons. The van der Waals surface area contributed by atoms with E-state index in [2.05, 4.69) is 26.6 Å². The van der Waals surface area contributed by atoms with Crippen LogP contribution in [0.3, 0.4) is 0 Å². The van der Waals surface area contributed by atoms with Gasteiger partial charge in [0, 0.05) is 19.9 Å². The Bertz CT molecular complexity index is 1900. The highest BCUT2D eigenvalue weighted by molar-refractivity contribution is 5.99. The largest absolute Gasteiger partial charge is 0.508 e. The van der Waals surface area contributed by atoms with Crippen molar-refractivity contribution in [2.24, 2.45) is 17.6 Å². The van der Waals surface area contributed by atoms with E-state index < -0.39 is 126 Å². The third kappa shape index (κ3) is 15.9. The molecule has 3 rings (SSSR count). The van der Waals surface area contributed by atoms with Gasteiger partial charge in [0.1, 0.15) is 60.4 Å². The Hall–Kier alpha value is -5.83. The number of hydrogen-bond acceptors (Lipinski definition) is 13. The van der Waals surface area contributed by atoms with Gasteiger partial charge < -0.3 is 62.2 Å². The van der Waals surface area contributed by atoms with Crippen LogP contribution in [-0.2, 0) is 54.3 Å². The van der Waals surface area contributed by atoms with Gasteiger partial charge in [-0.05, 0) is 81.5 Å². The van der Waals surface area contributed by atoms with Gasteiger partial charge in [0.15, 0.2) is 0 Å². The van der Waals surface area contributed by atoms with Gasteiger partial charge in [0.25, 0.3) is 0 Å². The lowest BCUT2D eigenvalue weighted by molar-refractivity contribution is -0.168. The van der Waals surface area contributed by atoms with Crippen LogP contribution in [-0.4, -0.2) is 147 Å². The number of phenols is 1. The molecule has 2 bridgehead atoms. The van der Waals surface area contributed by atoms with Gasteiger partial charge in [-0.15, -0.1) is 0 Å². The van der Waals surface area contributed by atoms with E-state index in [9.17, 15) is 58.5 Å². The number of nitrogens with one attached hydrogen (secondary N) is 5. The fraction of sp³-hybridized carbons (Fsp3) is 0.674. The van der Waals surface area contributed by atoms with Crippen molar-refractivity contribution in [3.05, 3.63) is 29.8 Å². The quantitative estimate of drug-likeness (QED) is 0.0708. The number of carboxylic acid groups (broad SMARTS) is 1. The molecule has 0 saturated carbocycles. The van der Waals surface area contributed by atoms with Crippen LogP contribution in [0, 0.1) is 11.8 Å². The zero-order valence-corrected chi connectivity index (χ0v) is 39.7. The number of aliphatic hydroxyl groups excluding tert-OH is 1. The zero-order valence-electron chi connectivity index (χ0n) is 39.7. The zero-order chi connectivity index (χ0) is 50.1. The molecule has 1 aromatic rings. The summed E-state index contributed by atoms with van der Waals surface area (Å²) in [5.41, 5.74) is 6.25. The van der Waals surface area contributed by atoms with Crippen LogP contribution < -0.4 is 32.3 Å². The van der Waals surface area contributed by atoms with Crippen LogP contribution in [0.4, 0.5) is 0 Å². The van der Waals surface area contributed by atoms with Crippen molar-refractivity contribution in [3.8, 4) is 5.75 Å². The molecule has 21 nitrogen and oxygen atoms in total. The Morgan fingerprint density at radius 2 is 1.57 bits per heavy atom. The number of cyclic esters (lactones) is 1. The van der Waals surface area contributed by atoms with Gasteiger partial charge in [0.2, 0.25) is 41.4 Å². The van der Waals surface area contributed by atoms with Crippen molar-refractivity contribution >= 4 is 53.3 Å². The second-order valence-electron chi connectivity index (χ2n) is 17.9. The van der Waals surface area contributed by atoms with E-state index in [0.717, 1.165) is 16.2 Å². The summed E-state index contributed by atoms with van der Waals surface area (Å²) in [5, 5.41) is 43.9. The Balaban J connectivity index is 2.22. The normalized spacial score (nSPS) is 25.6. The van der Waals surface area contributed by atoms with Crippen LogP contribution in [0.5, 0.6) is 5.75 Å². The number of ether oxygens (including phenoxy) is 1. The molecule has 2 saturated heterocycles. The smallest absolute Gasteiger partial charge is 0.329 e. The number of likely N-dealkylation sites (N-methyl/N-ethyl adjacent to an activating group) is 1. The minimum absolute atomic E-state index is 0.00464. The number of aromatic hydroxyl groups is 1. The van der Waals surface area contributed by atoms with E-state index in [1.54, 1.807) is 39.8 Å². The summed E-state index contributed by atoms with van der Waals surface area (Å²) in [7, 11) is 1.36. The third-order valence-corrected chi connectivity index (χ3v) is 12.3. The van der Waals surface area contributed by atoms with E-state index in [-0.39, 0.29) is 44.4 Å². The van der Waals surface area contributed by atoms with Crippen LogP contribution in [0.25, 0.3) is 0 Å². The number of benzene rings is 1. The topological polar surface area (TPSA) is 316 Å². The number of amides is 7. The van der Waals surface area contributed by atoms with Crippen LogP contribution in [0.2, 0.25) is 0 Å². The lowest BCUT2D eigenvalue weighted by Crippen LogP contribution is -2.66. The standard InChI is InChI=1S/C46H72N8O13/c1-8-10-11-15-34(56)48-32(24-36(58)59)41(61)52-38-27(6)67-46(66)37(25(3)4)51-42(62)33(23-28-16-18-29(55)19-17-28)53(7)45(65)39(26(5)9-2)54-35(57)21-20-31(44(54)64)50-40(60)30(49-43(38)63)14-12-13-22-47/h16-19,25-27,30-33,35,37-39,55,57H,8-15,20-24,47H2,1-7H3,(H,48,56)(H,49,63)(H,50,60)(H,51,62)(H,52,61)(H,58,59)/t26?,27-,30+,31+,32-,33+,35-,37+,38+,39+/m1/s1. The second kappa shape index (κ2) is 26.5. The highest BCUT2D eigenvalue weighted by Gasteiger charge is 2.47. The van der Waals surface area contributed by atoms with E-state index in [4.69, 9.17) is 10.5 Å². The van der Waals surface area contributed by atoms with E-state index in [1.165, 1.54) is 26.1 Å². The van der Waals surface area contributed by atoms with Crippen molar-refractivity contribution in [1.82, 2.24) is 36.4 Å². The van der Waals surface area contributed by atoms with Crippen LogP contribution in [0.1, 0.15) is 118 Å². The first kappa shape index (κ1) is 55.5. The minimum Gasteiger partial charge on any atom is -0.508 e. The molecule has 2 aliphatic heterocycles. The average Bonchev–Trinajstić information content (AvgIpc) is 3.27. The first-order valence-electron chi connectivity index (χ1n) is 23.3. The van der Waals surface area contributed by atoms with E-state index >= 15 is 0 Å². The average molecular weight is 945 g/mol. The van der Waals surface area contributed by atoms with E-state index in [0.29, 0.717) is 37.7 Å². The van der Waals surface area contributed by atoms with Crippen LogP contribution >= 0.6 is 0 Å². The molecule has 2 aliphatic rings. The van der Waals surface area contributed by atoms with E-state index in [1.807, 2.05) is 6.92 Å². The Kier molecular flexibility index (Phi) is 21.9. The van der Waals surface area contributed by atoms with Gasteiger partial charge in [-0.3, -0.25) is 38.4 Å². The molecule has 0 spiro atoms. The molecular formula is C46H72N8O13. The molecule has 21 heteroatoms. The fourth-order valence-electron chi connectivity index (χ4n) is 8.05. The van der Waals surface area contributed by atoms with Gasteiger partial charge >= 0.3 is 11.9 Å². The highest BCUT2D eigenvalue weighted by Crippen LogP contribution is 2.28. The number of esters is 1. The predicted octanol–water partition coefficient (Wildman–Crippen LogP) is 0.327. The summed E-state index contributed by atoms with van der Waals surface area (Å²) in [6, 6.07) is -4.42. The number of carbonyl (C=O) groups is 9. The maximum absolute atomic E-state index is 14.8. The molecule has 0 aromatic heterocycles. The molecule has 2 heterocycles. The first-order valence-corrected chi connectivity index (χ1v) is 23.3. The number of nitrogens with zero attached hydrogens (tertiary/aromatic N) is 2. The van der Waals surface area contributed by atoms with Crippen molar-refractivity contribution in [2.75, 3.05) is 13.6 Å². The number of hydrogen-bond donors (Lipinski definition) is 9. The van der Waals surface area contributed by atoms with Gasteiger partial charge in [0.05, 0.1) is 6.42 Å². The number of aliphatic hydroxyl groups is 1. The van der Waals surface area contributed by atoms with Crippen molar-refractivity contribution in [3.63, 3.8) is 0 Å². The predicted molar refractivity (Wildman–Crippen MR) is 243 cm³/mol. The molecule has 374 valence electrons. The monoisotopic (exact) mass is 945 g/mol. The number of nitrogens with two attached hydrogens (primary N) is 1. The highest BCUT2D eigenvalue weighted by atomic mass is 16.5. The lowest BCUT2D eigenvalue weighted by atomic mass is 9.91. The summed E-state index contributed by atoms with van der Waals surface area (Å²) in [6.07, 6.45) is -1.14. The van der Waals surface area contributed by atoms with Crippen molar-refractivity contribution in [2.45, 2.75) is 173 Å². The number of unbranched alkanes of at least 4 members (excludes halogenated alkanes) is 3. The maximum atomic E-state index is 14.8. The Morgan fingerprint density at radius 3 is 2.16 bits per heavy atom. The first-order chi connectivity index (χ1) is 31.6. The number of phenolic OH excluding ortho intramolecular Hbond substituents is 1. The lowest BCUT2D eigenvalue weighted by Gasteiger charge is -2.44. The molecule has 2 fully saturated rings. The number of aliphatic carboxylic acids is 1. The Morgan fingerprint density at radius 1 is 0.896 bits per heavy atom. The van der Waals surface area contributed by atoms with Gasteiger partial charge in [-0.25, -0.2) is 4.79 Å². The van der Waals surface area contributed by atoms with Gasteiger partial charge in [-0.1, -0.05) is 66.0 Å². The molecular weight excluding hydrogens is 873 g/mol. The number of fused-ring (bicyclic) bond motifs is 2. The fourth-order valence-corrected chi connectivity index (χ4v) is 8.05. The summed E-state index contributed by atoms with van der Waals surface area (Å²) in [5.74, 6) is -9.77. The molecule has 10 atom stereocenters. The maximum Gasteiger partial charge on any atom is 0.329 e. The van der Waals surface area contributed by atoms with Gasteiger partial charge in [-0.2, -0.15) is 0 Å². The number of piperidine rings is 1. The second-order valence-corrected chi connectivity index (χ2v) is 17.9. The third-order valence-electron chi connectivity index (χ3n) is 12.3. The molecule has 67 heavy (non-hydrogen) atoms. The molecule has 7 amide bonds. The Labute approximate surface area is 392 Å². The summed E-state index contributed by atoms with van der Waals surface area (Å²) in [6.45, 7) is 10.1. The summed E-state index contributed by atoms with van der Waals surface area (Å²) < 4.78 is 5.81. The molecule has 1 aromatic carbocycles. The van der Waals surface area contributed by atoms with Crippen molar-refractivity contribution < 1.29 is 63.2 Å². The SMILES string of the molecule is CCCCCC(=O)N[C@H](CC(=O)O)C(=O)N[C@@H]1C(=O)N[C@@H](CCCCN)C(=O)N[C@H]2CC[C@@H](O)N(C2=O)[C@@H](C(C)CC)C(=O)N(C)[C@@H](Cc2ccc(O)cc2)C(=O)N[C@@H](C(C)C)C(=O)O[C@@H]1C.